The molecule has 6 nitrogen and oxygen atoms in total. The Hall–Kier alpha value is -1.79. The minimum absolute atomic E-state index is 0.0516. The van der Waals surface area contributed by atoms with Gasteiger partial charge >= 0.3 is 0 Å². The first kappa shape index (κ1) is 17.3. The molecule has 21 heavy (non-hydrogen) atoms. The minimum Gasteiger partial charge on any atom is -0.493 e. The Morgan fingerprint density at radius 3 is 2.62 bits per heavy atom. The molecule has 118 valence electrons. The van der Waals surface area contributed by atoms with Gasteiger partial charge in [-0.1, -0.05) is 5.16 Å². The van der Waals surface area contributed by atoms with Crippen LogP contribution in [0.25, 0.3) is 0 Å². The van der Waals surface area contributed by atoms with Gasteiger partial charge in [0, 0.05) is 17.6 Å². The van der Waals surface area contributed by atoms with E-state index >= 15 is 0 Å². The van der Waals surface area contributed by atoms with E-state index in [2.05, 4.69) is 10.5 Å². The number of methoxy groups -OCH3 is 1. The Morgan fingerprint density at radius 2 is 2.05 bits per heavy atom. The van der Waals surface area contributed by atoms with Crippen molar-refractivity contribution in [2.75, 3.05) is 20.3 Å². The van der Waals surface area contributed by atoms with Crippen LogP contribution in [0.1, 0.15) is 26.3 Å². The number of nitrogens with one attached hydrogen (secondary N) is 1. The summed E-state index contributed by atoms with van der Waals surface area (Å²) in [6.45, 7) is 6.70. The van der Waals surface area contributed by atoms with E-state index in [9.17, 15) is 5.11 Å². The average molecular weight is 296 g/mol. The van der Waals surface area contributed by atoms with Gasteiger partial charge in [-0.25, -0.2) is 0 Å². The third kappa shape index (κ3) is 6.46. The summed E-state index contributed by atoms with van der Waals surface area (Å²) >= 11 is 0. The van der Waals surface area contributed by atoms with E-state index in [0.29, 0.717) is 23.6 Å². The number of β-amino-alcohol motifs (C(OH)–C–C–N with tert-alkyl or cyclic N) is 1. The fraction of sp³-hybridized carbons (Fsp3) is 0.533. The van der Waals surface area contributed by atoms with Crippen molar-refractivity contribution in [2.24, 2.45) is 5.16 Å². The summed E-state index contributed by atoms with van der Waals surface area (Å²) in [4.78, 5) is 0. The highest BCUT2D eigenvalue weighted by molar-refractivity contribution is 5.80. The number of benzene rings is 1. The first-order chi connectivity index (χ1) is 9.85. The van der Waals surface area contributed by atoms with Crippen LogP contribution < -0.4 is 14.8 Å². The van der Waals surface area contributed by atoms with Crippen molar-refractivity contribution >= 4 is 6.21 Å². The van der Waals surface area contributed by atoms with E-state index in [1.54, 1.807) is 18.2 Å². The zero-order chi connectivity index (χ0) is 15.9. The normalized spacial score (nSPS) is 13.4. The molecular weight excluding hydrogens is 272 g/mol. The van der Waals surface area contributed by atoms with Crippen LogP contribution in [0.3, 0.4) is 0 Å². The highest BCUT2D eigenvalue weighted by Crippen LogP contribution is 2.27. The van der Waals surface area contributed by atoms with E-state index in [4.69, 9.17) is 14.7 Å². The Labute approximate surface area is 125 Å². The van der Waals surface area contributed by atoms with Gasteiger partial charge in [-0.15, -0.1) is 0 Å². The van der Waals surface area contributed by atoms with Gasteiger partial charge in [-0.05, 0) is 39.0 Å². The van der Waals surface area contributed by atoms with Crippen molar-refractivity contribution < 1.29 is 19.8 Å². The number of aliphatic hydroxyl groups is 1. The molecule has 0 aliphatic rings. The van der Waals surface area contributed by atoms with Crippen LogP contribution in [-0.4, -0.2) is 48.4 Å². The third-order valence-corrected chi connectivity index (χ3v) is 2.69. The van der Waals surface area contributed by atoms with Crippen molar-refractivity contribution in [1.29, 1.82) is 0 Å². The van der Waals surface area contributed by atoms with Crippen LogP contribution in [-0.2, 0) is 0 Å². The van der Waals surface area contributed by atoms with E-state index < -0.39 is 6.10 Å². The molecule has 0 aliphatic carbocycles. The van der Waals surface area contributed by atoms with Crippen LogP contribution in [0.15, 0.2) is 23.4 Å². The van der Waals surface area contributed by atoms with Crippen LogP contribution in [0.4, 0.5) is 0 Å². The zero-order valence-electron chi connectivity index (χ0n) is 13.0. The summed E-state index contributed by atoms with van der Waals surface area (Å²) in [6, 6.07) is 5.13. The summed E-state index contributed by atoms with van der Waals surface area (Å²) in [7, 11) is 1.53. The first-order valence-electron chi connectivity index (χ1n) is 6.77. The average Bonchev–Trinajstić information content (AvgIpc) is 2.43. The zero-order valence-corrected chi connectivity index (χ0v) is 13.0. The standard InChI is InChI=1S/C15H24N2O4/c1-15(2,3)16-9-12(18)10-21-13-6-5-11(8-17-19)7-14(13)20-4/h5-8,12,16,18-19H,9-10H2,1-4H3/b17-8-. The van der Waals surface area contributed by atoms with E-state index in [-0.39, 0.29) is 12.1 Å². The second-order valence-corrected chi connectivity index (χ2v) is 5.75. The molecule has 3 N–H and O–H groups in total. The Kier molecular flexibility index (Phi) is 6.45. The molecule has 0 fully saturated rings. The minimum atomic E-state index is -0.618. The van der Waals surface area contributed by atoms with Gasteiger partial charge in [0.2, 0.25) is 0 Å². The topological polar surface area (TPSA) is 83.3 Å². The van der Waals surface area contributed by atoms with Gasteiger partial charge in [0.1, 0.15) is 12.7 Å². The number of hydrogen-bond donors (Lipinski definition) is 3. The number of rotatable bonds is 7. The Balaban J connectivity index is 2.58. The number of aliphatic hydroxyl groups excluding tert-OH is 1. The van der Waals surface area contributed by atoms with Crippen LogP contribution >= 0.6 is 0 Å². The lowest BCUT2D eigenvalue weighted by molar-refractivity contribution is 0.0985. The fourth-order valence-electron chi connectivity index (χ4n) is 1.62. The predicted molar refractivity (Wildman–Crippen MR) is 81.6 cm³/mol. The second kappa shape index (κ2) is 7.85. The highest BCUT2D eigenvalue weighted by Gasteiger charge is 2.13. The smallest absolute Gasteiger partial charge is 0.161 e. The molecule has 0 amide bonds. The maximum atomic E-state index is 9.89. The summed E-state index contributed by atoms with van der Waals surface area (Å²) in [5.74, 6) is 1.05. The number of hydrogen-bond acceptors (Lipinski definition) is 6. The number of ether oxygens (including phenoxy) is 2. The van der Waals surface area contributed by atoms with E-state index in [1.165, 1.54) is 13.3 Å². The quantitative estimate of drug-likeness (QED) is 0.405. The number of nitrogens with zero attached hydrogens (tertiary/aromatic N) is 1. The van der Waals surface area contributed by atoms with Gasteiger partial charge in [0.05, 0.1) is 13.3 Å². The van der Waals surface area contributed by atoms with Crippen molar-refractivity contribution in [1.82, 2.24) is 5.32 Å². The van der Waals surface area contributed by atoms with E-state index in [0.717, 1.165) is 0 Å². The second-order valence-electron chi connectivity index (χ2n) is 5.75. The molecule has 1 aromatic carbocycles. The van der Waals surface area contributed by atoms with Crippen LogP contribution in [0.5, 0.6) is 11.5 Å². The summed E-state index contributed by atoms with van der Waals surface area (Å²) in [5, 5.41) is 24.6. The maximum absolute atomic E-state index is 9.89. The summed E-state index contributed by atoms with van der Waals surface area (Å²) in [6.07, 6.45) is 0.682. The molecule has 0 heterocycles. The Bertz CT molecular complexity index is 469. The molecule has 1 aromatic rings. The highest BCUT2D eigenvalue weighted by atomic mass is 16.5. The molecule has 1 atom stereocenters. The van der Waals surface area contributed by atoms with Gasteiger partial charge in [-0.2, -0.15) is 0 Å². The lowest BCUT2D eigenvalue weighted by Gasteiger charge is -2.23. The fourth-order valence-corrected chi connectivity index (χ4v) is 1.62. The molecule has 1 unspecified atom stereocenters. The molecule has 0 saturated carbocycles. The van der Waals surface area contributed by atoms with Crippen LogP contribution in [0.2, 0.25) is 0 Å². The molecule has 0 spiro atoms. The van der Waals surface area contributed by atoms with Gasteiger partial charge in [0.15, 0.2) is 11.5 Å². The molecular formula is C15H24N2O4. The molecule has 6 heteroatoms. The Morgan fingerprint density at radius 1 is 1.33 bits per heavy atom. The summed E-state index contributed by atoms with van der Waals surface area (Å²) in [5.41, 5.74) is 0.640. The van der Waals surface area contributed by atoms with E-state index in [1.807, 2.05) is 20.8 Å². The van der Waals surface area contributed by atoms with Gasteiger partial charge in [0.25, 0.3) is 0 Å². The molecule has 0 radical (unpaired) electrons. The molecule has 0 saturated heterocycles. The lowest BCUT2D eigenvalue weighted by atomic mass is 10.1. The van der Waals surface area contributed by atoms with Crippen molar-refractivity contribution in [3.63, 3.8) is 0 Å². The van der Waals surface area contributed by atoms with Crippen molar-refractivity contribution in [3.8, 4) is 11.5 Å². The molecule has 0 aliphatic heterocycles. The van der Waals surface area contributed by atoms with Crippen LogP contribution in [0, 0.1) is 0 Å². The van der Waals surface area contributed by atoms with Gasteiger partial charge in [-0.3, -0.25) is 0 Å². The molecule has 0 bridgehead atoms. The third-order valence-electron chi connectivity index (χ3n) is 2.69. The van der Waals surface area contributed by atoms with Crippen molar-refractivity contribution in [3.05, 3.63) is 23.8 Å². The SMILES string of the molecule is COc1cc(/C=N\O)ccc1OCC(O)CNC(C)(C)C. The first-order valence-corrected chi connectivity index (χ1v) is 6.77. The monoisotopic (exact) mass is 296 g/mol. The predicted octanol–water partition coefficient (Wildman–Crippen LogP) is 1.63. The largest absolute Gasteiger partial charge is 0.493 e. The number of oxime groups is 1. The summed E-state index contributed by atoms with van der Waals surface area (Å²) < 4.78 is 10.8. The van der Waals surface area contributed by atoms with Crippen molar-refractivity contribution in [2.45, 2.75) is 32.4 Å². The maximum Gasteiger partial charge on any atom is 0.161 e. The molecule has 1 rings (SSSR count). The van der Waals surface area contributed by atoms with Gasteiger partial charge < -0.3 is 25.1 Å². The lowest BCUT2D eigenvalue weighted by Crippen LogP contribution is -2.42. The molecule has 0 aromatic heterocycles.